The Balaban J connectivity index is 0.000000333. The summed E-state index contributed by atoms with van der Waals surface area (Å²) in [5.74, 6) is -3.36. The van der Waals surface area contributed by atoms with Gasteiger partial charge >= 0.3 is 23.9 Å². The highest BCUT2D eigenvalue weighted by Crippen LogP contribution is 2.33. The van der Waals surface area contributed by atoms with Crippen molar-refractivity contribution in [3.8, 4) is 0 Å². The van der Waals surface area contributed by atoms with Gasteiger partial charge in [-0.15, -0.1) is 0 Å². The van der Waals surface area contributed by atoms with Crippen LogP contribution in [0.25, 0.3) is 0 Å². The number of rotatable bonds is 6. The van der Waals surface area contributed by atoms with Crippen LogP contribution in [0, 0.1) is 0 Å². The van der Waals surface area contributed by atoms with Crippen molar-refractivity contribution in [2.45, 2.75) is 52.4 Å². The van der Waals surface area contributed by atoms with Gasteiger partial charge in [0.25, 0.3) is 0 Å². The maximum atomic E-state index is 11.7. The van der Waals surface area contributed by atoms with Crippen LogP contribution in [0.1, 0.15) is 52.4 Å². The minimum Gasteiger partial charge on any atom is -0.478 e. The summed E-state index contributed by atoms with van der Waals surface area (Å²) in [7, 11) is 0. The van der Waals surface area contributed by atoms with Crippen LogP contribution in [0.2, 0.25) is 0 Å². The second kappa shape index (κ2) is 9.56. The first kappa shape index (κ1) is 20.3. The molecule has 2 aliphatic rings. The molecule has 0 fully saturated rings. The number of hydrogen-bond acceptors (Lipinski definition) is 5. The zero-order valence-electron chi connectivity index (χ0n) is 14.3. The smallest absolute Gasteiger partial charge is 0.341 e. The van der Waals surface area contributed by atoms with E-state index in [2.05, 4.69) is 0 Å². The van der Waals surface area contributed by atoms with Crippen molar-refractivity contribution < 1.29 is 34.1 Å². The van der Waals surface area contributed by atoms with Crippen LogP contribution in [0.4, 0.5) is 0 Å². The molecule has 25 heavy (non-hydrogen) atoms. The predicted octanol–water partition coefficient (Wildman–Crippen LogP) is 2.77. The lowest BCUT2D eigenvalue weighted by Gasteiger charge is -2.23. The zero-order chi connectivity index (χ0) is 19.0. The van der Waals surface area contributed by atoms with Gasteiger partial charge in [-0.3, -0.25) is 0 Å². The van der Waals surface area contributed by atoms with E-state index in [-0.39, 0.29) is 0 Å². The Morgan fingerprint density at radius 1 is 0.800 bits per heavy atom. The van der Waals surface area contributed by atoms with Crippen LogP contribution in [0.3, 0.4) is 0 Å². The number of aliphatic carboxylic acids is 2. The molecular weight excluding hydrogens is 328 g/mol. The molecule has 0 unspecified atom stereocenters. The number of carbonyl (C=O) groups is 4. The first-order chi connectivity index (χ1) is 11.8. The van der Waals surface area contributed by atoms with Gasteiger partial charge in [0, 0.05) is 23.3 Å². The van der Waals surface area contributed by atoms with Crippen LogP contribution in [-0.2, 0) is 23.9 Å². The van der Waals surface area contributed by atoms with Crippen molar-refractivity contribution in [3.05, 3.63) is 34.4 Å². The van der Waals surface area contributed by atoms with Gasteiger partial charge in [0.05, 0.1) is 0 Å². The molecule has 0 aromatic carbocycles. The average Bonchev–Trinajstić information content (AvgIpc) is 2.44. The highest BCUT2D eigenvalue weighted by Gasteiger charge is 2.29. The molecule has 2 rings (SSSR count). The highest BCUT2D eigenvalue weighted by molar-refractivity contribution is 6.03. The molecule has 0 atom stereocenters. The number of carboxylic acid groups (broad SMARTS) is 2. The van der Waals surface area contributed by atoms with Gasteiger partial charge in [-0.25, -0.2) is 19.2 Å². The first-order valence-corrected chi connectivity index (χ1v) is 8.12. The lowest BCUT2D eigenvalue weighted by Crippen LogP contribution is -2.23. The fourth-order valence-electron chi connectivity index (χ4n) is 2.48. The van der Waals surface area contributed by atoms with Crippen LogP contribution in [0.15, 0.2) is 34.4 Å². The lowest BCUT2D eigenvalue weighted by molar-refractivity contribution is -0.154. The zero-order valence-corrected chi connectivity index (χ0v) is 14.3. The molecule has 2 N–H and O–H groups in total. The van der Waals surface area contributed by atoms with Gasteiger partial charge in [0.2, 0.25) is 0 Å². The summed E-state index contributed by atoms with van der Waals surface area (Å²) in [6.45, 7) is 4.04. The third-order valence-electron chi connectivity index (χ3n) is 4.11. The molecule has 0 heterocycles. The molecule has 0 aromatic rings. The van der Waals surface area contributed by atoms with Gasteiger partial charge in [-0.2, -0.15) is 0 Å². The normalized spacial score (nSPS) is 15.8. The monoisotopic (exact) mass is 350 g/mol. The van der Waals surface area contributed by atoms with Gasteiger partial charge in [0.1, 0.15) is 0 Å². The van der Waals surface area contributed by atoms with Gasteiger partial charge in [0.15, 0.2) is 0 Å². The van der Waals surface area contributed by atoms with E-state index in [0.717, 1.165) is 60.8 Å². The van der Waals surface area contributed by atoms with Crippen molar-refractivity contribution >= 4 is 23.9 Å². The van der Waals surface area contributed by atoms with Gasteiger partial charge < -0.3 is 14.9 Å². The third-order valence-corrected chi connectivity index (χ3v) is 4.11. The van der Waals surface area contributed by atoms with Crippen LogP contribution in [-0.4, -0.2) is 34.1 Å². The predicted molar refractivity (Wildman–Crippen MR) is 88.6 cm³/mol. The molecule has 0 radical (unpaired) electrons. The van der Waals surface area contributed by atoms with E-state index in [1.165, 1.54) is 0 Å². The second-order valence-corrected chi connectivity index (χ2v) is 5.56. The van der Waals surface area contributed by atoms with Crippen LogP contribution < -0.4 is 0 Å². The molecule has 0 bridgehead atoms. The molecular formula is C18H22O7. The van der Waals surface area contributed by atoms with E-state index in [4.69, 9.17) is 14.9 Å². The molecule has 2 aliphatic carbocycles. The lowest BCUT2D eigenvalue weighted by atomic mass is 9.86. The maximum Gasteiger partial charge on any atom is 0.341 e. The summed E-state index contributed by atoms with van der Waals surface area (Å²) in [6, 6.07) is 0. The van der Waals surface area contributed by atoms with Crippen LogP contribution >= 0.6 is 0 Å². The topological polar surface area (TPSA) is 118 Å². The molecule has 7 nitrogen and oxygen atoms in total. The molecule has 136 valence electrons. The Hall–Kier alpha value is -2.70. The SMILES string of the molecule is CCC1=C(C(=O)OC(=O)C2=C(CC)CC2)CC1.O=C(O)/C=C\C(=O)O. The molecule has 7 heteroatoms. The molecule has 0 spiro atoms. The Kier molecular flexibility index (Phi) is 7.78. The molecule has 0 amide bonds. The minimum absolute atomic E-state index is 0.423. The Labute approximate surface area is 145 Å². The van der Waals surface area contributed by atoms with Crippen molar-refractivity contribution in [2.24, 2.45) is 0 Å². The number of allylic oxidation sites excluding steroid dienone is 2. The average molecular weight is 350 g/mol. The highest BCUT2D eigenvalue weighted by atomic mass is 16.6. The summed E-state index contributed by atoms with van der Waals surface area (Å²) in [4.78, 5) is 42.5. The van der Waals surface area contributed by atoms with Gasteiger partial charge in [-0.1, -0.05) is 25.0 Å². The summed E-state index contributed by atoms with van der Waals surface area (Å²) in [5, 5.41) is 15.6. The summed E-state index contributed by atoms with van der Waals surface area (Å²) < 4.78 is 4.93. The van der Waals surface area contributed by atoms with Crippen molar-refractivity contribution in [2.75, 3.05) is 0 Å². The minimum atomic E-state index is -1.26. The van der Waals surface area contributed by atoms with E-state index in [1.54, 1.807) is 0 Å². The fraction of sp³-hybridized carbons (Fsp3) is 0.444. The number of ether oxygens (including phenoxy) is 1. The standard InChI is InChI=1S/C14H18O3.C4H4O4/c1-3-9-5-7-11(9)13(15)17-14(16)12-8-6-10(12)4-2;5-3(6)1-2-4(7)8/h3-8H2,1-2H3;1-2H,(H,5,6)(H,7,8)/b;2-1-. The van der Waals surface area contributed by atoms with E-state index in [9.17, 15) is 19.2 Å². The Morgan fingerprint density at radius 2 is 1.16 bits per heavy atom. The number of carboxylic acids is 2. The summed E-state index contributed by atoms with van der Waals surface area (Å²) >= 11 is 0. The first-order valence-electron chi connectivity index (χ1n) is 8.12. The molecule has 0 saturated carbocycles. The largest absolute Gasteiger partial charge is 0.478 e. The van der Waals surface area contributed by atoms with E-state index in [0.29, 0.717) is 12.2 Å². The fourth-order valence-corrected chi connectivity index (χ4v) is 2.48. The van der Waals surface area contributed by atoms with Crippen LogP contribution in [0.5, 0.6) is 0 Å². The van der Waals surface area contributed by atoms with E-state index >= 15 is 0 Å². The number of hydrogen-bond donors (Lipinski definition) is 2. The quantitative estimate of drug-likeness (QED) is 0.429. The second-order valence-electron chi connectivity index (χ2n) is 5.56. The Bertz CT molecular complexity index is 609. The van der Waals surface area contributed by atoms with Crippen molar-refractivity contribution in [1.29, 1.82) is 0 Å². The maximum absolute atomic E-state index is 11.7. The third kappa shape index (κ3) is 6.02. The van der Waals surface area contributed by atoms with E-state index in [1.807, 2.05) is 13.8 Å². The van der Waals surface area contributed by atoms with Crippen molar-refractivity contribution in [3.63, 3.8) is 0 Å². The molecule has 0 aliphatic heterocycles. The summed E-state index contributed by atoms with van der Waals surface area (Å²) in [5.41, 5.74) is 3.72. The Morgan fingerprint density at radius 3 is 1.36 bits per heavy atom. The number of esters is 2. The molecule has 0 saturated heterocycles. The number of carbonyl (C=O) groups excluding carboxylic acids is 2. The summed E-state index contributed by atoms with van der Waals surface area (Å²) in [6.07, 6.45) is 6.33. The van der Waals surface area contributed by atoms with Gasteiger partial charge in [-0.05, 0) is 38.5 Å². The molecule has 0 aromatic heterocycles. The van der Waals surface area contributed by atoms with Crippen molar-refractivity contribution in [1.82, 2.24) is 0 Å². The van der Waals surface area contributed by atoms with E-state index < -0.39 is 23.9 Å².